The van der Waals surface area contributed by atoms with Crippen LogP contribution in [-0.2, 0) is 0 Å². The predicted molar refractivity (Wildman–Crippen MR) is 62.6 cm³/mol. The van der Waals surface area contributed by atoms with Crippen LogP contribution in [0.2, 0.25) is 0 Å². The van der Waals surface area contributed by atoms with E-state index in [9.17, 15) is 0 Å². The quantitative estimate of drug-likeness (QED) is 0.704. The maximum atomic E-state index is 5.74. The first-order valence-electron chi connectivity index (χ1n) is 5.08. The minimum Gasteiger partial charge on any atom is -0.453 e. The van der Waals surface area contributed by atoms with Crippen molar-refractivity contribution in [3.63, 3.8) is 0 Å². The molecule has 0 spiro atoms. The number of rotatable bonds is 2. The third-order valence-electron chi connectivity index (χ3n) is 2.45. The van der Waals surface area contributed by atoms with Gasteiger partial charge >= 0.3 is 0 Å². The number of benzene rings is 2. The highest BCUT2D eigenvalue weighted by Gasteiger charge is 2.02. The van der Waals surface area contributed by atoms with Gasteiger partial charge in [-0.1, -0.05) is 36.4 Å². The zero-order chi connectivity index (χ0) is 10.8. The van der Waals surface area contributed by atoms with E-state index in [1.54, 1.807) is 12.4 Å². The third-order valence-corrected chi connectivity index (χ3v) is 2.45. The molecule has 0 saturated carbocycles. The molecular weight excluding hydrogens is 200 g/mol. The van der Waals surface area contributed by atoms with Crippen molar-refractivity contribution in [1.29, 1.82) is 0 Å². The SMILES string of the molecule is c1ccc2c(Oc3cn[nH]c3)cccc2c1. The van der Waals surface area contributed by atoms with E-state index < -0.39 is 0 Å². The van der Waals surface area contributed by atoms with E-state index >= 15 is 0 Å². The molecule has 1 heterocycles. The number of fused-ring (bicyclic) bond motifs is 1. The number of H-pyrrole nitrogens is 1. The lowest BCUT2D eigenvalue weighted by Crippen LogP contribution is -1.83. The molecule has 0 amide bonds. The zero-order valence-electron chi connectivity index (χ0n) is 8.55. The highest BCUT2D eigenvalue weighted by atomic mass is 16.5. The molecule has 3 aromatic rings. The van der Waals surface area contributed by atoms with Gasteiger partial charge in [0.1, 0.15) is 5.75 Å². The van der Waals surface area contributed by atoms with Gasteiger partial charge < -0.3 is 4.74 Å². The van der Waals surface area contributed by atoms with Crippen molar-refractivity contribution >= 4 is 10.8 Å². The normalized spacial score (nSPS) is 10.5. The summed E-state index contributed by atoms with van der Waals surface area (Å²) in [6.45, 7) is 0. The molecule has 0 atom stereocenters. The average Bonchev–Trinajstić information content (AvgIpc) is 2.82. The molecule has 3 heteroatoms. The Morgan fingerprint density at radius 1 is 1.00 bits per heavy atom. The van der Waals surface area contributed by atoms with Crippen molar-refractivity contribution in [2.24, 2.45) is 0 Å². The standard InChI is InChI=1S/C13H10N2O/c1-2-6-12-10(4-1)5-3-7-13(12)16-11-8-14-15-9-11/h1-9H,(H,14,15). The van der Waals surface area contributed by atoms with E-state index in [1.807, 2.05) is 30.3 Å². The van der Waals surface area contributed by atoms with Crippen LogP contribution in [0.1, 0.15) is 0 Å². The lowest BCUT2D eigenvalue weighted by atomic mass is 10.1. The molecule has 2 aromatic carbocycles. The minimum absolute atomic E-state index is 0.719. The van der Waals surface area contributed by atoms with E-state index in [0.717, 1.165) is 16.9 Å². The maximum Gasteiger partial charge on any atom is 0.165 e. The van der Waals surface area contributed by atoms with Gasteiger partial charge in [-0.05, 0) is 11.5 Å². The second-order valence-electron chi connectivity index (χ2n) is 3.51. The van der Waals surface area contributed by atoms with Crippen LogP contribution in [0.15, 0.2) is 54.9 Å². The number of ether oxygens (including phenoxy) is 1. The van der Waals surface area contributed by atoms with Crippen molar-refractivity contribution in [1.82, 2.24) is 10.2 Å². The van der Waals surface area contributed by atoms with Crippen LogP contribution >= 0.6 is 0 Å². The Bertz CT molecular complexity index is 597. The van der Waals surface area contributed by atoms with E-state index in [1.165, 1.54) is 5.39 Å². The Morgan fingerprint density at radius 2 is 1.88 bits per heavy atom. The molecule has 1 aromatic heterocycles. The van der Waals surface area contributed by atoms with Gasteiger partial charge in [0, 0.05) is 5.39 Å². The van der Waals surface area contributed by atoms with Crippen molar-refractivity contribution in [3.05, 3.63) is 54.9 Å². The molecule has 1 N–H and O–H groups in total. The highest BCUT2D eigenvalue weighted by molar-refractivity contribution is 5.88. The fourth-order valence-corrected chi connectivity index (χ4v) is 1.71. The van der Waals surface area contributed by atoms with E-state index in [4.69, 9.17) is 4.74 Å². The number of hydrogen-bond donors (Lipinski definition) is 1. The van der Waals surface area contributed by atoms with Crippen LogP contribution in [0.3, 0.4) is 0 Å². The molecular formula is C13H10N2O. The summed E-state index contributed by atoms with van der Waals surface area (Å²) in [7, 11) is 0. The van der Waals surface area contributed by atoms with Gasteiger partial charge in [0.2, 0.25) is 0 Å². The van der Waals surface area contributed by atoms with Crippen LogP contribution < -0.4 is 4.74 Å². The van der Waals surface area contributed by atoms with Crippen LogP contribution in [0.5, 0.6) is 11.5 Å². The summed E-state index contributed by atoms with van der Waals surface area (Å²) in [6, 6.07) is 14.1. The molecule has 16 heavy (non-hydrogen) atoms. The molecule has 0 unspecified atom stereocenters. The average molecular weight is 210 g/mol. The monoisotopic (exact) mass is 210 g/mol. The summed E-state index contributed by atoms with van der Waals surface area (Å²) >= 11 is 0. The Hall–Kier alpha value is -2.29. The van der Waals surface area contributed by atoms with Crippen LogP contribution in [-0.4, -0.2) is 10.2 Å². The first-order chi connectivity index (χ1) is 7.93. The molecule has 0 aliphatic heterocycles. The first kappa shape index (κ1) is 8.97. The topological polar surface area (TPSA) is 37.9 Å². The Morgan fingerprint density at radius 3 is 2.75 bits per heavy atom. The fourth-order valence-electron chi connectivity index (χ4n) is 1.71. The van der Waals surface area contributed by atoms with Gasteiger partial charge in [-0.25, -0.2) is 0 Å². The van der Waals surface area contributed by atoms with Crippen molar-refractivity contribution in [3.8, 4) is 11.5 Å². The zero-order valence-corrected chi connectivity index (χ0v) is 8.55. The number of aromatic nitrogens is 2. The predicted octanol–water partition coefficient (Wildman–Crippen LogP) is 3.36. The van der Waals surface area contributed by atoms with Gasteiger partial charge in [-0.15, -0.1) is 0 Å². The van der Waals surface area contributed by atoms with E-state index in [-0.39, 0.29) is 0 Å². The first-order valence-corrected chi connectivity index (χ1v) is 5.08. The summed E-state index contributed by atoms with van der Waals surface area (Å²) in [4.78, 5) is 0. The second-order valence-corrected chi connectivity index (χ2v) is 3.51. The Labute approximate surface area is 92.7 Å². The Kier molecular flexibility index (Phi) is 2.07. The molecule has 3 rings (SSSR count). The number of aromatic amines is 1. The summed E-state index contributed by atoms with van der Waals surface area (Å²) < 4.78 is 5.74. The second kappa shape index (κ2) is 3.70. The van der Waals surface area contributed by atoms with E-state index in [0.29, 0.717) is 0 Å². The summed E-state index contributed by atoms with van der Waals surface area (Å²) in [5.74, 6) is 1.57. The minimum atomic E-state index is 0.719. The van der Waals surface area contributed by atoms with Crippen molar-refractivity contribution in [2.45, 2.75) is 0 Å². The van der Waals surface area contributed by atoms with Gasteiger partial charge in [0.15, 0.2) is 5.75 Å². The largest absolute Gasteiger partial charge is 0.453 e. The third kappa shape index (κ3) is 1.52. The van der Waals surface area contributed by atoms with Gasteiger partial charge in [-0.2, -0.15) is 5.10 Å². The van der Waals surface area contributed by atoms with Gasteiger partial charge in [0.05, 0.1) is 12.4 Å². The molecule has 0 saturated heterocycles. The summed E-state index contributed by atoms with van der Waals surface area (Å²) in [5.41, 5.74) is 0. The Balaban J connectivity index is 2.10. The lowest BCUT2D eigenvalue weighted by molar-refractivity contribution is 0.488. The molecule has 0 fully saturated rings. The number of nitrogens with zero attached hydrogens (tertiary/aromatic N) is 1. The summed E-state index contributed by atoms with van der Waals surface area (Å²) in [6.07, 6.45) is 3.38. The van der Waals surface area contributed by atoms with Crippen molar-refractivity contribution in [2.75, 3.05) is 0 Å². The molecule has 3 nitrogen and oxygen atoms in total. The van der Waals surface area contributed by atoms with Crippen LogP contribution in [0.25, 0.3) is 10.8 Å². The maximum absolute atomic E-state index is 5.74. The lowest BCUT2D eigenvalue weighted by Gasteiger charge is -2.06. The summed E-state index contributed by atoms with van der Waals surface area (Å²) in [5, 5.41) is 8.84. The molecule has 0 bridgehead atoms. The van der Waals surface area contributed by atoms with Crippen LogP contribution in [0, 0.1) is 0 Å². The molecule has 0 aliphatic carbocycles. The number of hydrogen-bond acceptors (Lipinski definition) is 2. The van der Waals surface area contributed by atoms with E-state index in [2.05, 4.69) is 22.3 Å². The van der Waals surface area contributed by atoms with Crippen molar-refractivity contribution < 1.29 is 4.74 Å². The van der Waals surface area contributed by atoms with Gasteiger partial charge in [0.25, 0.3) is 0 Å². The van der Waals surface area contributed by atoms with Crippen LogP contribution in [0.4, 0.5) is 0 Å². The molecule has 0 aliphatic rings. The number of nitrogens with one attached hydrogen (secondary N) is 1. The van der Waals surface area contributed by atoms with Gasteiger partial charge in [-0.3, -0.25) is 5.10 Å². The fraction of sp³-hybridized carbons (Fsp3) is 0. The highest BCUT2D eigenvalue weighted by Crippen LogP contribution is 2.28. The smallest absolute Gasteiger partial charge is 0.165 e. The molecule has 0 radical (unpaired) electrons. The molecule has 78 valence electrons.